The van der Waals surface area contributed by atoms with E-state index in [0.29, 0.717) is 5.69 Å². The van der Waals surface area contributed by atoms with Gasteiger partial charge in [-0.15, -0.1) is 0 Å². The first-order valence-corrected chi connectivity index (χ1v) is 4.82. The molecular weight excluding hydrogens is 190 g/mol. The second kappa shape index (κ2) is 2.53. The summed E-state index contributed by atoms with van der Waals surface area (Å²) >= 11 is 0. The third kappa shape index (κ3) is 0.883. The minimum atomic E-state index is 0.258. The van der Waals surface area contributed by atoms with E-state index in [2.05, 4.69) is 5.10 Å². The Morgan fingerprint density at radius 3 is 2.60 bits per heavy atom. The van der Waals surface area contributed by atoms with Gasteiger partial charge in [-0.2, -0.15) is 5.10 Å². The van der Waals surface area contributed by atoms with Gasteiger partial charge in [-0.1, -0.05) is 12.1 Å². The van der Waals surface area contributed by atoms with Crippen LogP contribution in [0, 0.1) is 6.92 Å². The molecular formula is C11H11N3O. The van der Waals surface area contributed by atoms with Crippen molar-refractivity contribution in [1.82, 2.24) is 14.2 Å². The molecule has 3 rings (SSSR count). The summed E-state index contributed by atoms with van der Waals surface area (Å²) in [6, 6.07) is 7.95. The van der Waals surface area contributed by atoms with Crippen molar-refractivity contribution >= 4 is 16.7 Å². The summed E-state index contributed by atoms with van der Waals surface area (Å²) in [4.78, 5) is 0. The number of nitrogens with zero attached hydrogens (tertiary/aromatic N) is 3. The molecule has 4 heteroatoms. The molecule has 2 heterocycles. The van der Waals surface area contributed by atoms with Gasteiger partial charge in [0.1, 0.15) is 5.69 Å². The van der Waals surface area contributed by atoms with Gasteiger partial charge in [-0.25, -0.2) is 4.52 Å². The zero-order chi connectivity index (χ0) is 10.6. The van der Waals surface area contributed by atoms with E-state index >= 15 is 0 Å². The number of para-hydroxylation sites is 2. The molecule has 2 aromatic heterocycles. The summed E-state index contributed by atoms with van der Waals surface area (Å²) in [6.07, 6.45) is 0. The van der Waals surface area contributed by atoms with Crippen molar-refractivity contribution in [2.75, 3.05) is 0 Å². The van der Waals surface area contributed by atoms with Crippen molar-refractivity contribution in [3.05, 3.63) is 30.0 Å². The lowest BCUT2D eigenvalue weighted by Gasteiger charge is -1.95. The van der Waals surface area contributed by atoms with Crippen LogP contribution in [-0.4, -0.2) is 19.3 Å². The zero-order valence-electron chi connectivity index (χ0n) is 8.60. The van der Waals surface area contributed by atoms with Crippen LogP contribution in [-0.2, 0) is 7.05 Å². The maximum Gasteiger partial charge on any atom is 0.182 e. The average Bonchev–Trinajstić information content (AvgIpc) is 2.68. The third-order valence-electron chi connectivity index (χ3n) is 2.79. The van der Waals surface area contributed by atoms with Gasteiger partial charge in [-0.3, -0.25) is 0 Å². The Balaban J connectivity index is 2.67. The number of imidazole rings is 1. The Labute approximate surface area is 86.4 Å². The maximum absolute atomic E-state index is 9.88. The van der Waals surface area contributed by atoms with Crippen LogP contribution < -0.4 is 0 Å². The number of hydrogen-bond donors (Lipinski definition) is 1. The van der Waals surface area contributed by atoms with Gasteiger partial charge in [0.25, 0.3) is 0 Å². The summed E-state index contributed by atoms with van der Waals surface area (Å²) in [7, 11) is 1.93. The van der Waals surface area contributed by atoms with Gasteiger partial charge >= 0.3 is 0 Å². The lowest BCUT2D eigenvalue weighted by atomic mass is 10.3. The van der Waals surface area contributed by atoms with E-state index < -0.39 is 0 Å². The molecule has 1 N–H and O–H groups in total. The summed E-state index contributed by atoms with van der Waals surface area (Å²) in [6.45, 7) is 1.80. The first kappa shape index (κ1) is 8.35. The van der Waals surface area contributed by atoms with Crippen LogP contribution in [0.1, 0.15) is 5.69 Å². The van der Waals surface area contributed by atoms with Gasteiger partial charge in [0.2, 0.25) is 0 Å². The summed E-state index contributed by atoms with van der Waals surface area (Å²) in [5, 5.41) is 14.2. The maximum atomic E-state index is 9.88. The summed E-state index contributed by atoms with van der Waals surface area (Å²) < 4.78 is 3.73. The van der Waals surface area contributed by atoms with Crippen molar-refractivity contribution in [1.29, 1.82) is 0 Å². The molecule has 0 aliphatic rings. The van der Waals surface area contributed by atoms with E-state index in [0.717, 1.165) is 16.7 Å². The number of aromatic nitrogens is 3. The van der Waals surface area contributed by atoms with Crippen LogP contribution >= 0.6 is 0 Å². The Morgan fingerprint density at radius 1 is 1.20 bits per heavy atom. The molecule has 0 spiro atoms. The fraction of sp³-hybridized carbons (Fsp3) is 0.182. The van der Waals surface area contributed by atoms with Crippen LogP contribution in [0.4, 0.5) is 0 Å². The monoisotopic (exact) mass is 201 g/mol. The highest BCUT2D eigenvalue weighted by atomic mass is 16.3. The molecule has 0 saturated carbocycles. The SMILES string of the molecule is Cc1nn2c3ccccc3n(C)c2c1O. The molecule has 3 aromatic rings. The van der Waals surface area contributed by atoms with Crippen molar-refractivity contribution in [3.8, 4) is 5.75 Å². The Morgan fingerprint density at radius 2 is 1.87 bits per heavy atom. The fourth-order valence-corrected chi connectivity index (χ4v) is 2.02. The van der Waals surface area contributed by atoms with E-state index in [1.165, 1.54) is 0 Å². The molecule has 0 atom stereocenters. The van der Waals surface area contributed by atoms with Crippen molar-refractivity contribution in [2.24, 2.45) is 7.05 Å². The molecule has 0 aliphatic heterocycles. The number of benzene rings is 1. The Kier molecular flexibility index (Phi) is 1.41. The largest absolute Gasteiger partial charge is 0.503 e. The van der Waals surface area contributed by atoms with E-state index in [9.17, 15) is 5.11 Å². The normalized spacial score (nSPS) is 11.6. The molecule has 0 radical (unpaired) electrons. The van der Waals surface area contributed by atoms with E-state index in [-0.39, 0.29) is 5.75 Å². The van der Waals surface area contributed by atoms with Gasteiger partial charge in [0, 0.05) is 7.05 Å². The minimum Gasteiger partial charge on any atom is -0.503 e. The third-order valence-corrected chi connectivity index (χ3v) is 2.79. The van der Waals surface area contributed by atoms with Gasteiger partial charge in [0.15, 0.2) is 11.4 Å². The smallest absolute Gasteiger partial charge is 0.182 e. The topological polar surface area (TPSA) is 42.5 Å². The second-order valence-corrected chi connectivity index (χ2v) is 3.72. The number of hydrogen-bond acceptors (Lipinski definition) is 2. The molecule has 0 unspecified atom stereocenters. The minimum absolute atomic E-state index is 0.258. The van der Waals surface area contributed by atoms with Crippen LogP contribution in [0.25, 0.3) is 16.7 Å². The first-order valence-electron chi connectivity index (χ1n) is 4.82. The van der Waals surface area contributed by atoms with E-state index in [1.54, 1.807) is 11.4 Å². The zero-order valence-corrected chi connectivity index (χ0v) is 8.60. The molecule has 0 fully saturated rings. The molecule has 76 valence electrons. The van der Waals surface area contributed by atoms with E-state index in [4.69, 9.17) is 0 Å². The molecule has 0 amide bonds. The van der Waals surface area contributed by atoms with Crippen LogP contribution in [0.2, 0.25) is 0 Å². The average molecular weight is 201 g/mol. The van der Waals surface area contributed by atoms with Crippen molar-refractivity contribution in [2.45, 2.75) is 6.92 Å². The number of fused-ring (bicyclic) bond motifs is 3. The molecule has 4 nitrogen and oxygen atoms in total. The predicted molar refractivity (Wildman–Crippen MR) is 58.1 cm³/mol. The first-order chi connectivity index (χ1) is 7.20. The lowest BCUT2D eigenvalue weighted by molar-refractivity contribution is 0.474. The van der Waals surface area contributed by atoms with Gasteiger partial charge in [0.05, 0.1) is 11.0 Å². The van der Waals surface area contributed by atoms with Crippen molar-refractivity contribution in [3.63, 3.8) is 0 Å². The number of rotatable bonds is 0. The Bertz CT molecular complexity index is 663. The lowest BCUT2D eigenvalue weighted by Crippen LogP contribution is -1.86. The fourth-order valence-electron chi connectivity index (χ4n) is 2.02. The molecule has 15 heavy (non-hydrogen) atoms. The molecule has 1 aromatic carbocycles. The number of aryl methyl sites for hydroxylation is 2. The molecule has 0 saturated heterocycles. The second-order valence-electron chi connectivity index (χ2n) is 3.72. The van der Waals surface area contributed by atoms with Crippen LogP contribution in [0.15, 0.2) is 24.3 Å². The quantitative estimate of drug-likeness (QED) is 0.603. The van der Waals surface area contributed by atoms with Gasteiger partial charge in [-0.05, 0) is 19.1 Å². The van der Waals surface area contributed by atoms with E-state index in [1.807, 2.05) is 35.9 Å². The summed E-state index contributed by atoms with van der Waals surface area (Å²) in [5.74, 6) is 0.258. The van der Waals surface area contributed by atoms with Gasteiger partial charge < -0.3 is 9.67 Å². The van der Waals surface area contributed by atoms with Crippen molar-refractivity contribution < 1.29 is 5.11 Å². The Hall–Kier alpha value is -1.97. The number of aromatic hydroxyl groups is 1. The van der Waals surface area contributed by atoms with Crippen LogP contribution in [0.3, 0.4) is 0 Å². The van der Waals surface area contributed by atoms with Crippen LogP contribution in [0.5, 0.6) is 5.75 Å². The summed E-state index contributed by atoms with van der Waals surface area (Å²) in [5.41, 5.74) is 3.48. The predicted octanol–water partition coefficient (Wildman–Crippen LogP) is 1.84. The highest BCUT2D eigenvalue weighted by Gasteiger charge is 2.15. The highest BCUT2D eigenvalue weighted by Crippen LogP contribution is 2.28. The molecule has 0 bridgehead atoms. The highest BCUT2D eigenvalue weighted by molar-refractivity contribution is 5.83. The molecule has 0 aliphatic carbocycles. The standard InChI is InChI=1S/C11H11N3O/c1-7-10(15)11-13(2)8-5-3-4-6-9(8)14(11)12-7/h3-6,15H,1-2H3.